The van der Waals surface area contributed by atoms with Crippen molar-refractivity contribution in [2.24, 2.45) is 0 Å². The van der Waals surface area contributed by atoms with Gasteiger partial charge in [0.25, 0.3) is 5.91 Å². The van der Waals surface area contributed by atoms with Gasteiger partial charge in [-0.1, -0.05) is 0 Å². The van der Waals surface area contributed by atoms with Crippen LogP contribution in [0.1, 0.15) is 6.92 Å². The number of carboxylic acids is 1. The summed E-state index contributed by atoms with van der Waals surface area (Å²) in [5.74, 6) is 0.338. The molecule has 0 radical (unpaired) electrons. The standard InChI is InChI=1S/C14H17NO5S/c1-9-15(12(8-21-9)14(17)18)13(16)7-20-11-5-3-10(19-2)4-6-11/h3-6,9,12H,7-8H2,1-2H3,(H,17,18). The molecule has 1 aromatic rings. The third kappa shape index (κ3) is 3.60. The van der Waals surface area contributed by atoms with Gasteiger partial charge in [0, 0.05) is 5.75 Å². The summed E-state index contributed by atoms with van der Waals surface area (Å²) in [6, 6.07) is 6.07. The van der Waals surface area contributed by atoms with Gasteiger partial charge >= 0.3 is 5.97 Å². The molecule has 1 saturated heterocycles. The average Bonchev–Trinajstić information content (AvgIpc) is 2.87. The third-order valence-electron chi connectivity index (χ3n) is 3.22. The number of hydrogen-bond acceptors (Lipinski definition) is 5. The number of benzene rings is 1. The zero-order valence-electron chi connectivity index (χ0n) is 11.8. The summed E-state index contributed by atoms with van der Waals surface area (Å²) in [7, 11) is 1.57. The number of carboxylic acid groups (broad SMARTS) is 1. The van der Waals surface area contributed by atoms with Crippen LogP contribution >= 0.6 is 11.8 Å². The van der Waals surface area contributed by atoms with Crippen molar-refractivity contribution in [2.75, 3.05) is 19.5 Å². The van der Waals surface area contributed by atoms with Gasteiger partial charge in [0.2, 0.25) is 0 Å². The minimum atomic E-state index is -0.982. The number of carbonyl (C=O) groups is 2. The number of nitrogens with zero attached hydrogens (tertiary/aromatic N) is 1. The molecule has 1 aliphatic heterocycles. The second kappa shape index (κ2) is 6.71. The van der Waals surface area contributed by atoms with E-state index in [1.807, 2.05) is 6.92 Å². The van der Waals surface area contributed by atoms with Crippen LogP contribution in [0.5, 0.6) is 11.5 Å². The lowest BCUT2D eigenvalue weighted by Crippen LogP contribution is -2.46. The molecule has 6 nitrogen and oxygen atoms in total. The van der Waals surface area contributed by atoms with E-state index in [2.05, 4.69) is 0 Å². The number of carbonyl (C=O) groups excluding carboxylic acids is 1. The molecule has 2 unspecified atom stereocenters. The number of rotatable bonds is 5. The van der Waals surface area contributed by atoms with Crippen LogP contribution < -0.4 is 9.47 Å². The van der Waals surface area contributed by atoms with Crippen molar-refractivity contribution < 1.29 is 24.2 Å². The molecular formula is C14H17NO5S. The minimum absolute atomic E-state index is 0.155. The van der Waals surface area contributed by atoms with Crippen molar-refractivity contribution in [1.82, 2.24) is 4.90 Å². The first-order valence-corrected chi connectivity index (χ1v) is 7.50. The maximum Gasteiger partial charge on any atom is 0.327 e. The lowest BCUT2D eigenvalue weighted by atomic mass is 10.3. The van der Waals surface area contributed by atoms with E-state index >= 15 is 0 Å². The van der Waals surface area contributed by atoms with Crippen LogP contribution in [0.15, 0.2) is 24.3 Å². The fraction of sp³-hybridized carbons (Fsp3) is 0.429. The molecule has 0 aromatic heterocycles. The van der Waals surface area contributed by atoms with E-state index in [1.54, 1.807) is 31.4 Å². The Balaban J connectivity index is 1.95. The maximum atomic E-state index is 12.2. The second-order valence-electron chi connectivity index (χ2n) is 4.55. The summed E-state index contributed by atoms with van der Waals surface area (Å²) in [6.07, 6.45) is 0. The lowest BCUT2D eigenvalue weighted by molar-refractivity contribution is -0.149. The molecule has 2 atom stereocenters. The van der Waals surface area contributed by atoms with Gasteiger partial charge < -0.3 is 19.5 Å². The lowest BCUT2D eigenvalue weighted by Gasteiger charge is -2.24. The Kier molecular flexibility index (Phi) is 4.95. The van der Waals surface area contributed by atoms with Crippen molar-refractivity contribution in [2.45, 2.75) is 18.3 Å². The summed E-state index contributed by atoms with van der Waals surface area (Å²) >= 11 is 1.45. The van der Waals surface area contributed by atoms with E-state index in [9.17, 15) is 9.59 Å². The van der Waals surface area contributed by atoms with Crippen LogP contribution in [-0.4, -0.2) is 52.8 Å². The van der Waals surface area contributed by atoms with Gasteiger partial charge in [0.05, 0.1) is 12.5 Å². The number of amides is 1. The summed E-state index contributed by atoms with van der Waals surface area (Å²) in [4.78, 5) is 24.7. The Hall–Kier alpha value is -1.89. The molecule has 1 amide bonds. The summed E-state index contributed by atoms with van der Waals surface area (Å²) in [5.41, 5.74) is 0. The Morgan fingerprint density at radius 3 is 2.52 bits per heavy atom. The summed E-state index contributed by atoms with van der Waals surface area (Å²) in [6.45, 7) is 1.64. The highest BCUT2D eigenvalue weighted by Gasteiger charge is 2.39. The molecule has 0 bridgehead atoms. The van der Waals surface area contributed by atoms with Gasteiger partial charge in [0.1, 0.15) is 17.5 Å². The molecule has 1 heterocycles. The molecule has 1 fully saturated rings. The first-order chi connectivity index (χ1) is 10.0. The Morgan fingerprint density at radius 2 is 1.95 bits per heavy atom. The molecule has 1 aromatic carbocycles. The molecule has 0 spiro atoms. The summed E-state index contributed by atoms with van der Waals surface area (Å²) < 4.78 is 10.4. The smallest absolute Gasteiger partial charge is 0.327 e. The minimum Gasteiger partial charge on any atom is -0.497 e. The Bertz CT molecular complexity index is 519. The predicted octanol–water partition coefficient (Wildman–Crippen LogP) is 1.45. The van der Waals surface area contributed by atoms with Gasteiger partial charge in [-0.15, -0.1) is 11.8 Å². The van der Waals surface area contributed by atoms with Gasteiger partial charge in [-0.05, 0) is 31.2 Å². The normalized spacial score (nSPS) is 21.1. The van der Waals surface area contributed by atoms with Crippen molar-refractivity contribution in [1.29, 1.82) is 0 Å². The highest BCUT2D eigenvalue weighted by atomic mass is 32.2. The number of ether oxygens (including phenoxy) is 2. The van der Waals surface area contributed by atoms with Crippen molar-refractivity contribution in [3.63, 3.8) is 0 Å². The summed E-state index contributed by atoms with van der Waals surface area (Å²) in [5, 5.41) is 8.98. The topological polar surface area (TPSA) is 76.1 Å². The van der Waals surface area contributed by atoms with Crippen molar-refractivity contribution in [3.05, 3.63) is 24.3 Å². The molecule has 2 rings (SSSR count). The molecule has 0 aliphatic carbocycles. The zero-order valence-corrected chi connectivity index (χ0v) is 12.6. The van der Waals surface area contributed by atoms with Crippen LogP contribution in [0.25, 0.3) is 0 Å². The molecule has 21 heavy (non-hydrogen) atoms. The van der Waals surface area contributed by atoms with Gasteiger partial charge in [-0.3, -0.25) is 4.79 Å². The molecule has 7 heteroatoms. The van der Waals surface area contributed by atoms with E-state index in [0.717, 1.165) is 0 Å². The third-order valence-corrected chi connectivity index (χ3v) is 4.44. The first-order valence-electron chi connectivity index (χ1n) is 6.45. The van der Waals surface area contributed by atoms with E-state index in [4.69, 9.17) is 14.6 Å². The van der Waals surface area contributed by atoms with Crippen LogP contribution in [0, 0.1) is 0 Å². The fourth-order valence-electron chi connectivity index (χ4n) is 2.10. The highest BCUT2D eigenvalue weighted by Crippen LogP contribution is 2.29. The van der Waals surface area contributed by atoms with E-state index in [0.29, 0.717) is 17.3 Å². The van der Waals surface area contributed by atoms with Crippen LogP contribution in [0.2, 0.25) is 0 Å². The highest BCUT2D eigenvalue weighted by molar-refractivity contribution is 8.00. The number of thioether (sulfide) groups is 1. The Morgan fingerprint density at radius 1 is 1.33 bits per heavy atom. The number of methoxy groups -OCH3 is 1. The fourth-order valence-corrected chi connectivity index (χ4v) is 3.29. The van der Waals surface area contributed by atoms with E-state index < -0.39 is 12.0 Å². The van der Waals surface area contributed by atoms with Crippen molar-refractivity contribution >= 4 is 23.6 Å². The first kappa shape index (κ1) is 15.5. The van der Waals surface area contributed by atoms with Crippen LogP contribution in [0.4, 0.5) is 0 Å². The predicted molar refractivity (Wildman–Crippen MR) is 78.7 cm³/mol. The zero-order chi connectivity index (χ0) is 15.4. The molecular weight excluding hydrogens is 294 g/mol. The second-order valence-corrected chi connectivity index (χ2v) is 5.90. The molecule has 114 valence electrons. The van der Waals surface area contributed by atoms with E-state index in [-0.39, 0.29) is 17.9 Å². The quantitative estimate of drug-likeness (QED) is 0.887. The number of aliphatic carboxylic acids is 1. The molecule has 1 aliphatic rings. The number of hydrogen-bond donors (Lipinski definition) is 1. The molecule has 1 N–H and O–H groups in total. The monoisotopic (exact) mass is 311 g/mol. The molecule has 0 saturated carbocycles. The largest absolute Gasteiger partial charge is 0.497 e. The van der Waals surface area contributed by atoms with Gasteiger partial charge in [-0.2, -0.15) is 0 Å². The Labute approximate surface area is 127 Å². The van der Waals surface area contributed by atoms with E-state index in [1.165, 1.54) is 16.7 Å². The van der Waals surface area contributed by atoms with Crippen LogP contribution in [0.3, 0.4) is 0 Å². The van der Waals surface area contributed by atoms with Gasteiger partial charge in [0.15, 0.2) is 6.61 Å². The maximum absolute atomic E-state index is 12.2. The van der Waals surface area contributed by atoms with Crippen LogP contribution in [-0.2, 0) is 9.59 Å². The SMILES string of the molecule is COc1ccc(OCC(=O)N2C(C)SCC2C(=O)O)cc1. The average molecular weight is 311 g/mol. The van der Waals surface area contributed by atoms with Gasteiger partial charge in [-0.25, -0.2) is 4.79 Å². The van der Waals surface area contributed by atoms with Crippen molar-refractivity contribution in [3.8, 4) is 11.5 Å².